The van der Waals surface area contributed by atoms with Crippen molar-refractivity contribution < 1.29 is 9.53 Å². The topological polar surface area (TPSA) is 41.6 Å². The van der Waals surface area contributed by atoms with Crippen LogP contribution in [0.4, 0.5) is 0 Å². The maximum absolute atomic E-state index is 12.5. The summed E-state index contributed by atoms with van der Waals surface area (Å²) in [6, 6.07) is 7.96. The molecule has 2 rings (SSSR count). The van der Waals surface area contributed by atoms with Crippen molar-refractivity contribution in [3.8, 4) is 5.75 Å². The molecule has 0 aliphatic carbocycles. The molecule has 1 fully saturated rings. The highest BCUT2D eigenvalue weighted by atomic mass is 16.5. The molecule has 23 heavy (non-hydrogen) atoms. The number of ether oxygens (including phenoxy) is 1. The van der Waals surface area contributed by atoms with E-state index in [1.54, 1.807) is 0 Å². The summed E-state index contributed by atoms with van der Waals surface area (Å²) in [5.74, 6) is 2.14. The molecule has 0 aromatic heterocycles. The van der Waals surface area contributed by atoms with Crippen LogP contribution in [0.25, 0.3) is 0 Å². The Morgan fingerprint density at radius 3 is 2.91 bits per heavy atom. The van der Waals surface area contributed by atoms with Gasteiger partial charge in [-0.15, -0.1) is 0 Å². The molecule has 0 radical (unpaired) electrons. The van der Waals surface area contributed by atoms with Gasteiger partial charge in [0, 0.05) is 25.6 Å². The molecule has 1 heterocycles. The first-order chi connectivity index (χ1) is 11.1. The van der Waals surface area contributed by atoms with Gasteiger partial charge in [-0.1, -0.05) is 25.1 Å². The minimum absolute atomic E-state index is 0.217. The molecule has 1 aliphatic rings. The lowest BCUT2D eigenvalue weighted by Crippen LogP contribution is -2.36. The fourth-order valence-electron chi connectivity index (χ4n) is 3.24. The smallest absolute Gasteiger partial charge is 0.222 e. The van der Waals surface area contributed by atoms with Crippen molar-refractivity contribution in [3.05, 3.63) is 29.8 Å². The van der Waals surface area contributed by atoms with Crippen LogP contribution in [0, 0.1) is 11.8 Å². The van der Waals surface area contributed by atoms with Crippen molar-refractivity contribution >= 4 is 5.91 Å². The van der Waals surface area contributed by atoms with Crippen LogP contribution in [0.5, 0.6) is 5.75 Å². The standard InChI is InChI=1S/C19H30N2O2/c1-4-23-18-10-6-5-8-17(18)14-21(3)19(22)12-15(2)16-9-7-11-20-13-16/h5-6,8,10,15-16,20H,4,7,9,11-14H2,1-3H3. The van der Waals surface area contributed by atoms with Gasteiger partial charge in [0.25, 0.3) is 0 Å². The van der Waals surface area contributed by atoms with Gasteiger partial charge in [-0.2, -0.15) is 0 Å². The predicted octanol–water partition coefficient (Wildman–Crippen LogP) is 3.07. The molecular formula is C19H30N2O2. The molecule has 1 N–H and O–H groups in total. The van der Waals surface area contributed by atoms with Crippen molar-refractivity contribution in [3.63, 3.8) is 0 Å². The Morgan fingerprint density at radius 2 is 2.22 bits per heavy atom. The fourth-order valence-corrected chi connectivity index (χ4v) is 3.24. The predicted molar refractivity (Wildman–Crippen MR) is 93.5 cm³/mol. The number of nitrogens with zero attached hydrogens (tertiary/aromatic N) is 1. The van der Waals surface area contributed by atoms with Gasteiger partial charge in [0.15, 0.2) is 0 Å². The van der Waals surface area contributed by atoms with Crippen LogP contribution in [-0.4, -0.2) is 37.6 Å². The van der Waals surface area contributed by atoms with Crippen LogP contribution < -0.4 is 10.1 Å². The van der Waals surface area contributed by atoms with Crippen molar-refractivity contribution in [2.24, 2.45) is 11.8 Å². The van der Waals surface area contributed by atoms with Gasteiger partial charge < -0.3 is 15.0 Å². The molecular weight excluding hydrogens is 288 g/mol. The maximum atomic E-state index is 12.5. The number of nitrogens with one attached hydrogen (secondary N) is 1. The van der Waals surface area contributed by atoms with E-state index in [2.05, 4.69) is 12.2 Å². The highest BCUT2D eigenvalue weighted by Crippen LogP contribution is 2.24. The van der Waals surface area contributed by atoms with Crippen molar-refractivity contribution in [1.82, 2.24) is 10.2 Å². The molecule has 4 heteroatoms. The van der Waals surface area contributed by atoms with E-state index in [0.717, 1.165) is 24.4 Å². The number of amides is 1. The van der Waals surface area contributed by atoms with Gasteiger partial charge in [-0.05, 0) is 50.8 Å². The fraction of sp³-hybridized carbons (Fsp3) is 0.632. The lowest BCUT2D eigenvalue weighted by Gasteiger charge is -2.29. The van der Waals surface area contributed by atoms with Gasteiger partial charge in [-0.3, -0.25) is 4.79 Å². The van der Waals surface area contributed by atoms with E-state index in [1.807, 2.05) is 43.1 Å². The van der Waals surface area contributed by atoms with Crippen molar-refractivity contribution in [2.75, 3.05) is 26.7 Å². The molecule has 4 nitrogen and oxygen atoms in total. The molecule has 2 unspecified atom stereocenters. The highest BCUT2D eigenvalue weighted by Gasteiger charge is 2.23. The molecule has 1 aliphatic heterocycles. The molecule has 0 spiro atoms. The van der Waals surface area contributed by atoms with Gasteiger partial charge in [0.2, 0.25) is 5.91 Å². The van der Waals surface area contributed by atoms with Crippen molar-refractivity contribution in [1.29, 1.82) is 0 Å². The quantitative estimate of drug-likeness (QED) is 0.840. The van der Waals surface area contributed by atoms with Gasteiger partial charge >= 0.3 is 0 Å². The van der Waals surface area contributed by atoms with Crippen LogP contribution >= 0.6 is 0 Å². The highest BCUT2D eigenvalue weighted by molar-refractivity contribution is 5.76. The summed E-state index contributed by atoms with van der Waals surface area (Å²) in [6.07, 6.45) is 3.08. The number of rotatable bonds is 7. The number of hydrogen-bond acceptors (Lipinski definition) is 3. The van der Waals surface area contributed by atoms with Gasteiger partial charge in [0.1, 0.15) is 5.75 Å². The number of para-hydroxylation sites is 1. The first-order valence-corrected chi connectivity index (χ1v) is 8.77. The Labute approximate surface area is 140 Å². The van der Waals surface area contributed by atoms with Crippen molar-refractivity contribution in [2.45, 2.75) is 39.7 Å². The van der Waals surface area contributed by atoms with Crippen LogP contribution in [0.1, 0.15) is 38.7 Å². The molecule has 1 amide bonds. The summed E-state index contributed by atoms with van der Waals surface area (Å²) < 4.78 is 5.65. The average Bonchev–Trinajstić information content (AvgIpc) is 2.57. The molecule has 0 saturated carbocycles. The number of piperidine rings is 1. The monoisotopic (exact) mass is 318 g/mol. The van der Waals surface area contributed by atoms with E-state index < -0.39 is 0 Å². The molecule has 1 saturated heterocycles. The summed E-state index contributed by atoms with van der Waals surface area (Å²) in [5.41, 5.74) is 1.07. The van der Waals surface area contributed by atoms with Gasteiger partial charge in [0.05, 0.1) is 6.61 Å². The summed E-state index contributed by atoms with van der Waals surface area (Å²) >= 11 is 0. The van der Waals surface area contributed by atoms with Crippen LogP contribution in [0.15, 0.2) is 24.3 Å². The van der Waals surface area contributed by atoms with E-state index in [0.29, 0.717) is 31.4 Å². The Morgan fingerprint density at radius 1 is 1.43 bits per heavy atom. The number of hydrogen-bond donors (Lipinski definition) is 1. The Hall–Kier alpha value is -1.55. The first-order valence-electron chi connectivity index (χ1n) is 8.77. The Kier molecular flexibility index (Phi) is 6.90. The molecule has 0 bridgehead atoms. The van der Waals surface area contributed by atoms with E-state index >= 15 is 0 Å². The van der Waals surface area contributed by atoms with Crippen LogP contribution in [-0.2, 0) is 11.3 Å². The third-order valence-corrected chi connectivity index (χ3v) is 4.74. The van der Waals surface area contributed by atoms with Gasteiger partial charge in [-0.25, -0.2) is 0 Å². The van der Waals surface area contributed by atoms with E-state index in [-0.39, 0.29) is 5.91 Å². The average molecular weight is 318 g/mol. The number of carbonyl (C=O) groups excluding carboxylic acids is 1. The van der Waals surface area contributed by atoms with E-state index in [1.165, 1.54) is 12.8 Å². The summed E-state index contributed by atoms with van der Waals surface area (Å²) in [6.45, 7) is 7.59. The number of carbonyl (C=O) groups is 1. The van der Waals surface area contributed by atoms with E-state index in [4.69, 9.17) is 4.74 Å². The Balaban J connectivity index is 1.89. The summed E-state index contributed by atoms with van der Waals surface area (Å²) in [4.78, 5) is 14.4. The second-order valence-corrected chi connectivity index (χ2v) is 6.58. The third kappa shape index (κ3) is 5.24. The zero-order valence-electron chi connectivity index (χ0n) is 14.7. The Bertz CT molecular complexity index is 498. The van der Waals surface area contributed by atoms with Crippen LogP contribution in [0.2, 0.25) is 0 Å². The molecule has 1 aromatic carbocycles. The van der Waals surface area contributed by atoms with E-state index in [9.17, 15) is 4.79 Å². The summed E-state index contributed by atoms with van der Waals surface area (Å²) in [7, 11) is 1.89. The molecule has 128 valence electrons. The maximum Gasteiger partial charge on any atom is 0.222 e. The zero-order chi connectivity index (χ0) is 16.7. The lowest BCUT2D eigenvalue weighted by molar-refractivity contribution is -0.131. The normalized spacial score (nSPS) is 19.2. The zero-order valence-corrected chi connectivity index (χ0v) is 14.7. The van der Waals surface area contributed by atoms with Crippen LogP contribution in [0.3, 0.4) is 0 Å². The largest absolute Gasteiger partial charge is 0.494 e. The lowest BCUT2D eigenvalue weighted by atomic mass is 9.85. The number of benzene rings is 1. The minimum atomic E-state index is 0.217. The first kappa shape index (κ1) is 17.8. The second kappa shape index (κ2) is 8.92. The molecule has 1 aromatic rings. The summed E-state index contributed by atoms with van der Waals surface area (Å²) in [5, 5.41) is 3.44. The molecule has 2 atom stereocenters. The minimum Gasteiger partial charge on any atom is -0.494 e. The SMILES string of the molecule is CCOc1ccccc1CN(C)C(=O)CC(C)C1CCCNC1. The third-order valence-electron chi connectivity index (χ3n) is 4.74. The second-order valence-electron chi connectivity index (χ2n) is 6.58.